The molecule has 0 aliphatic heterocycles. The van der Waals surface area contributed by atoms with Crippen molar-refractivity contribution in [3.8, 4) is 11.5 Å². The van der Waals surface area contributed by atoms with Gasteiger partial charge in [0.05, 0.1) is 7.11 Å². The fourth-order valence-electron chi connectivity index (χ4n) is 1.77. The summed E-state index contributed by atoms with van der Waals surface area (Å²) >= 11 is 3.40. The van der Waals surface area contributed by atoms with Crippen LogP contribution in [0.2, 0.25) is 0 Å². The van der Waals surface area contributed by atoms with Gasteiger partial charge in [0, 0.05) is 11.0 Å². The molecule has 1 unspecified atom stereocenters. The monoisotopic (exact) mass is 321 g/mol. The van der Waals surface area contributed by atoms with Gasteiger partial charge in [-0.3, -0.25) is 0 Å². The van der Waals surface area contributed by atoms with E-state index < -0.39 is 0 Å². The van der Waals surface area contributed by atoms with Crippen LogP contribution in [0.15, 0.2) is 53.0 Å². The highest BCUT2D eigenvalue weighted by Gasteiger charge is 2.12. The standard InChI is InChI=1S/C15H16BrNO2/c1-18-14-4-2-3-11(9-14)15(10-17)19-13-7-5-12(16)6-8-13/h2-9,15H,10,17H2,1H3. The van der Waals surface area contributed by atoms with Gasteiger partial charge in [-0.05, 0) is 42.0 Å². The van der Waals surface area contributed by atoms with Gasteiger partial charge in [-0.25, -0.2) is 0 Å². The molecule has 19 heavy (non-hydrogen) atoms. The maximum Gasteiger partial charge on any atom is 0.136 e. The molecule has 2 rings (SSSR count). The fourth-order valence-corrected chi connectivity index (χ4v) is 2.04. The van der Waals surface area contributed by atoms with E-state index in [0.29, 0.717) is 6.54 Å². The second-order valence-corrected chi connectivity index (χ2v) is 4.99. The number of benzene rings is 2. The first-order valence-electron chi connectivity index (χ1n) is 5.99. The summed E-state index contributed by atoms with van der Waals surface area (Å²) in [5.74, 6) is 1.59. The van der Waals surface area contributed by atoms with Gasteiger partial charge in [-0.15, -0.1) is 0 Å². The molecule has 2 N–H and O–H groups in total. The highest BCUT2D eigenvalue weighted by Crippen LogP contribution is 2.25. The SMILES string of the molecule is COc1cccc(C(CN)Oc2ccc(Br)cc2)c1. The summed E-state index contributed by atoms with van der Waals surface area (Å²) in [6.45, 7) is 0.406. The zero-order valence-electron chi connectivity index (χ0n) is 10.7. The topological polar surface area (TPSA) is 44.5 Å². The van der Waals surface area contributed by atoms with Crippen molar-refractivity contribution in [1.82, 2.24) is 0 Å². The third-order valence-electron chi connectivity index (χ3n) is 2.77. The zero-order valence-corrected chi connectivity index (χ0v) is 12.3. The summed E-state index contributed by atoms with van der Waals surface area (Å²) in [6, 6.07) is 15.5. The Balaban J connectivity index is 2.17. The van der Waals surface area contributed by atoms with E-state index in [1.165, 1.54) is 0 Å². The van der Waals surface area contributed by atoms with Gasteiger partial charge in [0.1, 0.15) is 17.6 Å². The van der Waals surface area contributed by atoms with E-state index in [2.05, 4.69) is 15.9 Å². The molecule has 0 radical (unpaired) electrons. The van der Waals surface area contributed by atoms with Crippen molar-refractivity contribution in [1.29, 1.82) is 0 Å². The summed E-state index contributed by atoms with van der Waals surface area (Å²) in [4.78, 5) is 0. The zero-order chi connectivity index (χ0) is 13.7. The Kier molecular flexibility index (Phi) is 4.82. The van der Waals surface area contributed by atoms with E-state index in [1.807, 2.05) is 48.5 Å². The van der Waals surface area contributed by atoms with Gasteiger partial charge >= 0.3 is 0 Å². The highest BCUT2D eigenvalue weighted by atomic mass is 79.9. The van der Waals surface area contributed by atoms with Crippen LogP contribution in [0.4, 0.5) is 0 Å². The van der Waals surface area contributed by atoms with E-state index in [1.54, 1.807) is 7.11 Å². The average Bonchev–Trinajstić information content (AvgIpc) is 2.46. The second kappa shape index (κ2) is 6.59. The van der Waals surface area contributed by atoms with Crippen LogP contribution >= 0.6 is 15.9 Å². The molecule has 3 nitrogen and oxygen atoms in total. The Bertz CT molecular complexity index is 528. The molecular weight excluding hydrogens is 306 g/mol. The molecule has 0 saturated carbocycles. The minimum atomic E-state index is -0.184. The predicted octanol–water partition coefficient (Wildman–Crippen LogP) is 3.54. The Morgan fingerprint density at radius 2 is 1.84 bits per heavy atom. The number of halogens is 1. The molecule has 100 valence electrons. The number of rotatable bonds is 5. The molecule has 0 fully saturated rings. The van der Waals surface area contributed by atoms with Crippen molar-refractivity contribution in [2.24, 2.45) is 5.73 Å². The van der Waals surface area contributed by atoms with Crippen LogP contribution in [0, 0.1) is 0 Å². The quantitative estimate of drug-likeness (QED) is 0.916. The van der Waals surface area contributed by atoms with E-state index in [0.717, 1.165) is 21.5 Å². The molecule has 0 amide bonds. The lowest BCUT2D eigenvalue weighted by atomic mass is 10.1. The van der Waals surface area contributed by atoms with E-state index >= 15 is 0 Å². The van der Waals surface area contributed by atoms with Crippen LogP contribution in [-0.2, 0) is 0 Å². The fraction of sp³-hybridized carbons (Fsp3) is 0.200. The summed E-state index contributed by atoms with van der Waals surface area (Å²) < 4.78 is 12.1. The van der Waals surface area contributed by atoms with Crippen molar-refractivity contribution in [3.05, 3.63) is 58.6 Å². The van der Waals surface area contributed by atoms with Crippen molar-refractivity contribution < 1.29 is 9.47 Å². The molecule has 2 aromatic carbocycles. The highest BCUT2D eigenvalue weighted by molar-refractivity contribution is 9.10. The van der Waals surface area contributed by atoms with Crippen LogP contribution in [0.1, 0.15) is 11.7 Å². The normalized spacial score (nSPS) is 11.9. The van der Waals surface area contributed by atoms with Gasteiger partial charge in [0.2, 0.25) is 0 Å². The van der Waals surface area contributed by atoms with Gasteiger partial charge < -0.3 is 15.2 Å². The number of methoxy groups -OCH3 is 1. The van der Waals surface area contributed by atoms with Crippen LogP contribution in [0.3, 0.4) is 0 Å². The number of hydrogen-bond acceptors (Lipinski definition) is 3. The first-order chi connectivity index (χ1) is 9.22. The third kappa shape index (κ3) is 3.72. The lowest BCUT2D eigenvalue weighted by Crippen LogP contribution is -2.18. The molecule has 4 heteroatoms. The Morgan fingerprint density at radius 3 is 2.47 bits per heavy atom. The first kappa shape index (κ1) is 13.9. The largest absolute Gasteiger partial charge is 0.497 e. The van der Waals surface area contributed by atoms with Crippen LogP contribution in [-0.4, -0.2) is 13.7 Å². The van der Waals surface area contributed by atoms with Crippen molar-refractivity contribution in [2.75, 3.05) is 13.7 Å². The van der Waals surface area contributed by atoms with Gasteiger partial charge in [0.25, 0.3) is 0 Å². The van der Waals surface area contributed by atoms with Crippen molar-refractivity contribution in [3.63, 3.8) is 0 Å². The molecule has 0 saturated heterocycles. The molecule has 0 aliphatic rings. The molecule has 0 bridgehead atoms. The van der Waals surface area contributed by atoms with Gasteiger partial charge in [-0.1, -0.05) is 28.1 Å². The van der Waals surface area contributed by atoms with E-state index in [4.69, 9.17) is 15.2 Å². The number of nitrogens with two attached hydrogens (primary N) is 1. The first-order valence-corrected chi connectivity index (χ1v) is 6.78. The molecule has 0 heterocycles. The van der Waals surface area contributed by atoms with Crippen LogP contribution in [0.25, 0.3) is 0 Å². The minimum Gasteiger partial charge on any atom is -0.497 e. The summed E-state index contributed by atoms with van der Waals surface area (Å²) in [7, 11) is 1.64. The molecule has 2 aromatic rings. The minimum absolute atomic E-state index is 0.184. The predicted molar refractivity (Wildman–Crippen MR) is 79.6 cm³/mol. The summed E-state index contributed by atoms with van der Waals surface area (Å²) in [5, 5.41) is 0. The molecular formula is C15H16BrNO2. The van der Waals surface area contributed by atoms with Gasteiger partial charge in [0.15, 0.2) is 0 Å². The average molecular weight is 322 g/mol. The lowest BCUT2D eigenvalue weighted by molar-refractivity contribution is 0.213. The lowest BCUT2D eigenvalue weighted by Gasteiger charge is -2.18. The molecule has 0 aromatic heterocycles. The molecule has 1 atom stereocenters. The Labute approximate surface area is 121 Å². The third-order valence-corrected chi connectivity index (χ3v) is 3.30. The van der Waals surface area contributed by atoms with E-state index in [-0.39, 0.29) is 6.10 Å². The Morgan fingerprint density at radius 1 is 1.11 bits per heavy atom. The van der Waals surface area contributed by atoms with Crippen molar-refractivity contribution in [2.45, 2.75) is 6.10 Å². The summed E-state index contributed by atoms with van der Waals surface area (Å²) in [6.07, 6.45) is -0.184. The van der Waals surface area contributed by atoms with E-state index in [9.17, 15) is 0 Å². The molecule has 0 spiro atoms. The maximum atomic E-state index is 5.90. The number of ether oxygens (including phenoxy) is 2. The van der Waals surface area contributed by atoms with Crippen LogP contribution < -0.4 is 15.2 Å². The smallest absolute Gasteiger partial charge is 0.136 e. The summed E-state index contributed by atoms with van der Waals surface area (Å²) in [5.41, 5.74) is 6.80. The van der Waals surface area contributed by atoms with Crippen LogP contribution in [0.5, 0.6) is 11.5 Å². The Hall–Kier alpha value is -1.52. The second-order valence-electron chi connectivity index (χ2n) is 4.07. The van der Waals surface area contributed by atoms with Gasteiger partial charge in [-0.2, -0.15) is 0 Å². The maximum absolute atomic E-state index is 5.90. The number of hydrogen-bond donors (Lipinski definition) is 1. The molecule has 0 aliphatic carbocycles. The van der Waals surface area contributed by atoms with Crippen molar-refractivity contribution >= 4 is 15.9 Å².